The molecule has 2 heterocycles. The largest absolute Gasteiger partial charge is 0.396 e. The quantitative estimate of drug-likeness (QED) is 0.881. The zero-order chi connectivity index (χ0) is 14.7. The number of aliphatic hydroxyl groups excluding tert-OH is 1. The summed E-state index contributed by atoms with van der Waals surface area (Å²) in [5, 5.41) is 15.5. The first-order chi connectivity index (χ1) is 10.2. The fourth-order valence-electron chi connectivity index (χ4n) is 3.28. The summed E-state index contributed by atoms with van der Waals surface area (Å²) < 4.78 is 1.25. The summed E-state index contributed by atoms with van der Waals surface area (Å²) in [5.74, 6) is 0. The summed E-state index contributed by atoms with van der Waals surface area (Å²) in [6.45, 7) is 3.38. The molecule has 0 amide bonds. The number of aromatic nitrogens is 1. The van der Waals surface area contributed by atoms with E-state index in [-0.39, 0.29) is 11.5 Å². The van der Waals surface area contributed by atoms with Gasteiger partial charge >= 0.3 is 0 Å². The topological polar surface area (TPSA) is 45.1 Å². The van der Waals surface area contributed by atoms with E-state index in [1.165, 1.54) is 29.5 Å². The van der Waals surface area contributed by atoms with Crippen LogP contribution in [0, 0.1) is 5.41 Å². The summed E-state index contributed by atoms with van der Waals surface area (Å²) in [4.78, 5) is 4.52. The van der Waals surface area contributed by atoms with Crippen LogP contribution in [0.1, 0.15) is 50.6 Å². The van der Waals surface area contributed by atoms with Crippen LogP contribution >= 0.6 is 11.3 Å². The first-order valence-corrected chi connectivity index (χ1v) is 8.78. The molecule has 1 unspecified atom stereocenters. The average Bonchev–Trinajstić information content (AvgIpc) is 3.01. The van der Waals surface area contributed by atoms with Crippen LogP contribution in [0.5, 0.6) is 0 Å². The minimum Gasteiger partial charge on any atom is -0.396 e. The number of thiophene rings is 1. The predicted octanol–water partition coefficient (Wildman–Crippen LogP) is 3.89. The molecule has 0 aliphatic heterocycles. The highest BCUT2D eigenvalue weighted by Crippen LogP contribution is 2.35. The van der Waals surface area contributed by atoms with Crippen LogP contribution in [0.25, 0.3) is 10.2 Å². The molecule has 0 saturated heterocycles. The van der Waals surface area contributed by atoms with Gasteiger partial charge in [0, 0.05) is 30.8 Å². The number of hydrogen-bond donors (Lipinski definition) is 2. The van der Waals surface area contributed by atoms with Crippen LogP contribution in [0.15, 0.2) is 23.7 Å². The number of aliphatic hydroxyl groups is 1. The molecule has 1 fully saturated rings. The molecule has 21 heavy (non-hydrogen) atoms. The lowest BCUT2D eigenvalue weighted by Crippen LogP contribution is -2.40. The molecule has 3 nitrogen and oxygen atoms in total. The van der Waals surface area contributed by atoms with Gasteiger partial charge in [-0.05, 0) is 42.8 Å². The summed E-state index contributed by atoms with van der Waals surface area (Å²) in [7, 11) is 0. The highest BCUT2D eigenvalue weighted by atomic mass is 32.1. The third kappa shape index (κ3) is 3.28. The van der Waals surface area contributed by atoms with Crippen LogP contribution in [0.2, 0.25) is 0 Å². The number of nitrogens with zero attached hydrogens (tertiary/aromatic N) is 1. The Morgan fingerprint density at radius 1 is 1.38 bits per heavy atom. The van der Waals surface area contributed by atoms with Crippen molar-refractivity contribution in [2.45, 2.75) is 45.1 Å². The Hall–Kier alpha value is -0.970. The monoisotopic (exact) mass is 304 g/mol. The molecule has 1 saturated carbocycles. The second-order valence-electron chi connectivity index (χ2n) is 6.39. The van der Waals surface area contributed by atoms with E-state index in [2.05, 4.69) is 34.7 Å². The minimum absolute atomic E-state index is 0.0902. The van der Waals surface area contributed by atoms with Gasteiger partial charge in [0.15, 0.2) is 0 Å². The Morgan fingerprint density at radius 3 is 2.95 bits per heavy atom. The summed E-state index contributed by atoms with van der Waals surface area (Å²) in [6.07, 6.45) is 8.07. The van der Waals surface area contributed by atoms with Crippen molar-refractivity contribution >= 4 is 21.6 Å². The number of hydrogen-bond acceptors (Lipinski definition) is 4. The zero-order valence-electron chi connectivity index (χ0n) is 12.6. The van der Waals surface area contributed by atoms with Gasteiger partial charge in [0.2, 0.25) is 0 Å². The number of fused-ring (bicyclic) bond motifs is 1. The highest BCUT2D eigenvalue weighted by molar-refractivity contribution is 7.17. The van der Waals surface area contributed by atoms with E-state index in [0.717, 1.165) is 24.9 Å². The normalized spacial score (nSPS) is 19.7. The predicted molar refractivity (Wildman–Crippen MR) is 88.6 cm³/mol. The van der Waals surface area contributed by atoms with E-state index in [1.807, 2.05) is 6.20 Å². The van der Waals surface area contributed by atoms with E-state index >= 15 is 0 Å². The third-order valence-corrected chi connectivity index (χ3v) is 5.71. The number of nitrogens with one attached hydrogen (secondary N) is 1. The van der Waals surface area contributed by atoms with Gasteiger partial charge in [0.1, 0.15) is 0 Å². The maximum absolute atomic E-state index is 9.79. The average molecular weight is 304 g/mol. The molecule has 0 aromatic carbocycles. The lowest BCUT2D eigenvalue weighted by Gasteiger charge is -2.36. The van der Waals surface area contributed by atoms with Crippen molar-refractivity contribution in [3.63, 3.8) is 0 Å². The Bertz CT molecular complexity index is 589. The van der Waals surface area contributed by atoms with Crippen LogP contribution < -0.4 is 5.32 Å². The van der Waals surface area contributed by atoms with Crippen LogP contribution in [-0.2, 0) is 0 Å². The van der Waals surface area contributed by atoms with E-state index < -0.39 is 0 Å². The Balaban J connectivity index is 1.66. The number of pyridine rings is 1. The van der Waals surface area contributed by atoms with E-state index in [4.69, 9.17) is 0 Å². The van der Waals surface area contributed by atoms with Gasteiger partial charge in [-0.2, -0.15) is 0 Å². The Kier molecular flexibility index (Phi) is 4.57. The van der Waals surface area contributed by atoms with Crippen molar-refractivity contribution < 1.29 is 5.11 Å². The lowest BCUT2D eigenvalue weighted by atomic mass is 9.74. The molecule has 3 rings (SSSR count). The summed E-state index contributed by atoms with van der Waals surface area (Å²) in [6, 6.07) is 4.57. The van der Waals surface area contributed by atoms with Gasteiger partial charge in [0.05, 0.1) is 10.2 Å². The molecule has 0 spiro atoms. The molecular formula is C17H24N2OS. The molecule has 2 aromatic rings. The minimum atomic E-state index is 0.0902. The third-order valence-electron chi connectivity index (χ3n) is 4.86. The van der Waals surface area contributed by atoms with Crippen molar-refractivity contribution in [2.24, 2.45) is 5.41 Å². The summed E-state index contributed by atoms with van der Waals surface area (Å²) in [5.41, 5.74) is 2.40. The van der Waals surface area contributed by atoms with Gasteiger partial charge < -0.3 is 10.4 Å². The standard InChI is InChI=1S/C17H24N2OS/c1-13(14-9-16-15(18-10-14)5-8-21-16)19-11-17(12-20)6-3-2-4-7-17/h5,8-10,13,19-20H,2-4,6-7,11-12H2,1H3. The summed E-state index contributed by atoms with van der Waals surface area (Å²) >= 11 is 1.74. The number of rotatable bonds is 5. The Labute approximate surface area is 130 Å². The van der Waals surface area contributed by atoms with Crippen molar-refractivity contribution in [1.82, 2.24) is 10.3 Å². The Morgan fingerprint density at radius 2 is 2.19 bits per heavy atom. The molecule has 114 valence electrons. The van der Waals surface area contributed by atoms with Crippen molar-refractivity contribution in [3.8, 4) is 0 Å². The van der Waals surface area contributed by atoms with Crippen molar-refractivity contribution in [1.29, 1.82) is 0 Å². The maximum Gasteiger partial charge on any atom is 0.0809 e. The molecule has 1 aliphatic rings. The molecule has 0 bridgehead atoms. The fraction of sp³-hybridized carbons (Fsp3) is 0.588. The molecular weight excluding hydrogens is 280 g/mol. The van der Waals surface area contributed by atoms with E-state index in [9.17, 15) is 5.11 Å². The van der Waals surface area contributed by atoms with Gasteiger partial charge in [-0.15, -0.1) is 11.3 Å². The van der Waals surface area contributed by atoms with Crippen LogP contribution in [0.4, 0.5) is 0 Å². The van der Waals surface area contributed by atoms with Gasteiger partial charge in [0.25, 0.3) is 0 Å². The van der Waals surface area contributed by atoms with Crippen LogP contribution in [-0.4, -0.2) is 23.2 Å². The molecule has 4 heteroatoms. The molecule has 1 aliphatic carbocycles. The van der Waals surface area contributed by atoms with Crippen molar-refractivity contribution in [3.05, 3.63) is 29.3 Å². The lowest BCUT2D eigenvalue weighted by molar-refractivity contribution is 0.0789. The van der Waals surface area contributed by atoms with Gasteiger partial charge in [-0.3, -0.25) is 4.98 Å². The molecule has 2 N–H and O–H groups in total. The highest BCUT2D eigenvalue weighted by Gasteiger charge is 2.31. The van der Waals surface area contributed by atoms with Crippen LogP contribution in [0.3, 0.4) is 0 Å². The molecule has 0 radical (unpaired) electrons. The maximum atomic E-state index is 9.79. The second-order valence-corrected chi connectivity index (χ2v) is 7.34. The zero-order valence-corrected chi connectivity index (χ0v) is 13.5. The first kappa shape index (κ1) is 14.9. The van der Waals surface area contributed by atoms with Crippen molar-refractivity contribution in [2.75, 3.05) is 13.2 Å². The van der Waals surface area contributed by atoms with Gasteiger partial charge in [-0.1, -0.05) is 19.3 Å². The van der Waals surface area contributed by atoms with E-state index in [0.29, 0.717) is 6.61 Å². The fourth-order valence-corrected chi connectivity index (χ4v) is 4.07. The first-order valence-electron chi connectivity index (χ1n) is 7.90. The molecule has 2 aromatic heterocycles. The smallest absolute Gasteiger partial charge is 0.0809 e. The van der Waals surface area contributed by atoms with E-state index in [1.54, 1.807) is 11.3 Å². The SMILES string of the molecule is CC(NCC1(CO)CCCCC1)c1cnc2ccsc2c1. The molecule has 1 atom stereocenters. The van der Waals surface area contributed by atoms with Gasteiger partial charge in [-0.25, -0.2) is 0 Å². The second kappa shape index (κ2) is 6.42.